The van der Waals surface area contributed by atoms with Crippen LogP contribution in [-0.4, -0.2) is 28.8 Å². The molecular formula is C11H16ClN3O2. The third-order valence-electron chi connectivity index (χ3n) is 2.10. The highest BCUT2D eigenvalue weighted by Gasteiger charge is 2.06. The lowest BCUT2D eigenvalue weighted by Gasteiger charge is -2.11. The SMILES string of the molecule is CCCC(O)CNC(=O)Nc1ccnc(Cl)c1. The molecule has 1 aromatic heterocycles. The fraction of sp³-hybridized carbons (Fsp3) is 0.455. The van der Waals surface area contributed by atoms with Crippen LogP contribution in [0.4, 0.5) is 10.5 Å². The first-order valence-electron chi connectivity index (χ1n) is 5.46. The minimum Gasteiger partial charge on any atom is -0.391 e. The average Bonchev–Trinajstić information content (AvgIpc) is 2.27. The maximum Gasteiger partial charge on any atom is 0.319 e. The molecule has 0 aliphatic carbocycles. The largest absolute Gasteiger partial charge is 0.391 e. The number of aliphatic hydroxyl groups is 1. The second-order valence-electron chi connectivity index (χ2n) is 3.64. The van der Waals surface area contributed by atoms with Gasteiger partial charge in [-0.15, -0.1) is 0 Å². The Labute approximate surface area is 105 Å². The lowest BCUT2D eigenvalue weighted by atomic mass is 10.2. The number of anilines is 1. The molecule has 0 bridgehead atoms. The normalized spacial score (nSPS) is 11.9. The van der Waals surface area contributed by atoms with E-state index in [0.717, 1.165) is 6.42 Å². The van der Waals surface area contributed by atoms with E-state index in [2.05, 4.69) is 15.6 Å². The molecule has 1 unspecified atom stereocenters. The summed E-state index contributed by atoms with van der Waals surface area (Å²) in [6.45, 7) is 2.21. The van der Waals surface area contributed by atoms with Crippen molar-refractivity contribution in [1.82, 2.24) is 10.3 Å². The molecule has 0 aromatic carbocycles. The van der Waals surface area contributed by atoms with Gasteiger partial charge in [-0.25, -0.2) is 9.78 Å². The zero-order chi connectivity index (χ0) is 12.7. The summed E-state index contributed by atoms with van der Waals surface area (Å²) in [4.78, 5) is 15.2. The zero-order valence-corrected chi connectivity index (χ0v) is 10.4. The van der Waals surface area contributed by atoms with Crippen LogP contribution in [0.3, 0.4) is 0 Å². The van der Waals surface area contributed by atoms with Gasteiger partial charge in [-0.1, -0.05) is 24.9 Å². The maximum atomic E-state index is 11.4. The van der Waals surface area contributed by atoms with Gasteiger partial charge in [0, 0.05) is 18.4 Å². The number of carbonyl (C=O) groups excluding carboxylic acids is 1. The van der Waals surface area contributed by atoms with Crippen molar-refractivity contribution in [1.29, 1.82) is 0 Å². The molecule has 5 nitrogen and oxygen atoms in total. The Bertz CT molecular complexity index is 373. The number of carbonyl (C=O) groups is 1. The molecule has 1 rings (SSSR count). The number of pyridine rings is 1. The molecule has 0 fully saturated rings. The highest BCUT2D eigenvalue weighted by atomic mass is 35.5. The van der Waals surface area contributed by atoms with Crippen LogP contribution in [0.15, 0.2) is 18.3 Å². The first-order chi connectivity index (χ1) is 8.11. The van der Waals surface area contributed by atoms with Crippen molar-refractivity contribution in [3.8, 4) is 0 Å². The highest BCUT2D eigenvalue weighted by Crippen LogP contribution is 2.11. The smallest absolute Gasteiger partial charge is 0.319 e. The lowest BCUT2D eigenvalue weighted by Crippen LogP contribution is -2.35. The molecule has 94 valence electrons. The number of urea groups is 1. The summed E-state index contributed by atoms with van der Waals surface area (Å²) in [5, 5.41) is 14.9. The van der Waals surface area contributed by atoms with E-state index in [1.807, 2.05) is 6.92 Å². The molecule has 17 heavy (non-hydrogen) atoms. The van der Waals surface area contributed by atoms with Gasteiger partial charge >= 0.3 is 6.03 Å². The van der Waals surface area contributed by atoms with E-state index in [9.17, 15) is 9.90 Å². The summed E-state index contributed by atoms with van der Waals surface area (Å²) in [5.41, 5.74) is 0.562. The first-order valence-corrected chi connectivity index (χ1v) is 5.84. The molecule has 1 aromatic rings. The van der Waals surface area contributed by atoms with Crippen LogP contribution in [0.5, 0.6) is 0 Å². The summed E-state index contributed by atoms with van der Waals surface area (Å²) in [6, 6.07) is 2.81. The number of halogens is 1. The standard InChI is InChI=1S/C11H16ClN3O2/c1-2-3-9(16)7-14-11(17)15-8-4-5-13-10(12)6-8/h4-6,9,16H,2-3,7H2,1H3,(H2,13,14,15,17). The van der Waals surface area contributed by atoms with Gasteiger partial charge in [-0.2, -0.15) is 0 Å². The Morgan fingerprint density at radius 1 is 1.65 bits per heavy atom. The molecule has 0 saturated carbocycles. The third kappa shape index (κ3) is 5.51. The van der Waals surface area contributed by atoms with E-state index in [1.165, 1.54) is 6.20 Å². The second kappa shape index (κ2) is 7.09. The van der Waals surface area contributed by atoms with Crippen molar-refractivity contribution in [2.45, 2.75) is 25.9 Å². The number of nitrogens with one attached hydrogen (secondary N) is 2. The summed E-state index contributed by atoms with van der Waals surface area (Å²) in [5.74, 6) is 0. The van der Waals surface area contributed by atoms with Crippen molar-refractivity contribution in [3.63, 3.8) is 0 Å². The fourth-order valence-corrected chi connectivity index (χ4v) is 1.48. The van der Waals surface area contributed by atoms with Crippen molar-refractivity contribution < 1.29 is 9.90 Å². The number of rotatable bonds is 5. The van der Waals surface area contributed by atoms with Crippen LogP contribution < -0.4 is 10.6 Å². The molecule has 0 aliphatic heterocycles. The summed E-state index contributed by atoms with van der Waals surface area (Å²) >= 11 is 5.67. The average molecular weight is 258 g/mol. The van der Waals surface area contributed by atoms with Gasteiger partial charge in [-0.3, -0.25) is 0 Å². The van der Waals surface area contributed by atoms with Crippen molar-refractivity contribution in [2.24, 2.45) is 0 Å². The number of nitrogens with zero attached hydrogens (tertiary/aromatic N) is 1. The number of aromatic nitrogens is 1. The van der Waals surface area contributed by atoms with Crippen molar-refractivity contribution in [2.75, 3.05) is 11.9 Å². The molecule has 0 saturated heterocycles. The fourth-order valence-electron chi connectivity index (χ4n) is 1.30. The molecule has 1 heterocycles. The van der Waals surface area contributed by atoms with Crippen LogP contribution in [0.1, 0.15) is 19.8 Å². The summed E-state index contributed by atoms with van der Waals surface area (Å²) < 4.78 is 0. The molecule has 1 atom stereocenters. The minimum absolute atomic E-state index is 0.235. The van der Waals surface area contributed by atoms with Crippen molar-refractivity contribution in [3.05, 3.63) is 23.5 Å². The van der Waals surface area contributed by atoms with E-state index in [4.69, 9.17) is 11.6 Å². The first kappa shape index (κ1) is 13.7. The van der Waals surface area contributed by atoms with Crippen LogP contribution in [0.2, 0.25) is 5.15 Å². The van der Waals surface area contributed by atoms with Gasteiger partial charge in [0.25, 0.3) is 0 Å². The molecule has 0 spiro atoms. The van der Waals surface area contributed by atoms with Crippen molar-refractivity contribution >= 4 is 23.3 Å². The maximum absolute atomic E-state index is 11.4. The van der Waals surface area contributed by atoms with Gasteiger partial charge < -0.3 is 15.7 Å². The number of hydrogen-bond donors (Lipinski definition) is 3. The Balaban J connectivity index is 2.34. The van der Waals surface area contributed by atoms with Gasteiger partial charge in [0.2, 0.25) is 0 Å². The summed E-state index contributed by atoms with van der Waals surface area (Å²) in [6.07, 6.45) is 2.54. The van der Waals surface area contributed by atoms with Gasteiger partial charge in [0.05, 0.1) is 6.10 Å². The highest BCUT2D eigenvalue weighted by molar-refractivity contribution is 6.29. The van der Waals surface area contributed by atoms with E-state index in [0.29, 0.717) is 17.3 Å². The van der Waals surface area contributed by atoms with E-state index in [1.54, 1.807) is 12.1 Å². The molecule has 0 radical (unpaired) electrons. The number of amides is 2. The Hall–Kier alpha value is -1.33. The molecule has 6 heteroatoms. The molecule has 2 amide bonds. The predicted molar refractivity (Wildman–Crippen MR) is 67.2 cm³/mol. The predicted octanol–water partition coefficient (Wildman–Crippen LogP) is 2.02. The lowest BCUT2D eigenvalue weighted by molar-refractivity contribution is 0.162. The number of aliphatic hydroxyl groups excluding tert-OH is 1. The van der Waals surface area contributed by atoms with Crippen LogP contribution >= 0.6 is 11.6 Å². The monoisotopic (exact) mass is 257 g/mol. The number of hydrogen-bond acceptors (Lipinski definition) is 3. The molecule has 0 aliphatic rings. The Kier molecular flexibility index (Phi) is 5.72. The zero-order valence-electron chi connectivity index (χ0n) is 9.61. The van der Waals surface area contributed by atoms with Crippen LogP contribution in [-0.2, 0) is 0 Å². The molecular weight excluding hydrogens is 242 g/mol. The van der Waals surface area contributed by atoms with Gasteiger partial charge in [-0.05, 0) is 18.6 Å². The van der Waals surface area contributed by atoms with Gasteiger partial charge in [0.1, 0.15) is 5.15 Å². The Morgan fingerprint density at radius 3 is 3.06 bits per heavy atom. The second-order valence-corrected chi connectivity index (χ2v) is 4.03. The van der Waals surface area contributed by atoms with Crippen LogP contribution in [0, 0.1) is 0 Å². The molecule has 3 N–H and O–H groups in total. The van der Waals surface area contributed by atoms with E-state index < -0.39 is 6.10 Å². The Morgan fingerprint density at radius 2 is 2.41 bits per heavy atom. The van der Waals surface area contributed by atoms with E-state index in [-0.39, 0.29) is 12.6 Å². The third-order valence-corrected chi connectivity index (χ3v) is 2.31. The minimum atomic E-state index is -0.508. The van der Waals surface area contributed by atoms with E-state index >= 15 is 0 Å². The quantitative estimate of drug-likeness (QED) is 0.707. The summed E-state index contributed by atoms with van der Waals surface area (Å²) in [7, 11) is 0. The van der Waals surface area contributed by atoms with Gasteiger partial charge in [0.15, 0.2) is 0 Å². The topological polar surface area (TPSA) is 74.2 Å². The van der Waals surface area contributed by atoms with Crippen LogP contribution in [0.25, 0.3) is 0 Å².